The van der Waals surface area contributed by atoms with Gasteiger partial charge in [0.2, 0.25) is 0 Å². The number of rotatable bonds is 8. The number of pyridine rings is 1. The van der Waals surface area contributed by atoms with Crippen LogP contribution in [0.3, 0.4) is 0 Å². The molecule has 0 spiro atoms. The van der Waals surface area contributed by atoms with E-state index in [2.05, 4.69) is 50.5 Å². The van der Waals surface area contributed by atoms with Gasteiger partial charge in [-0.3, -0.25) is 14.1 Å². The number of hydrogen-bond donors (Lipinski definition) is 3. The van der Waals surface area contributed by atoms with Gasteiger partial charge in [0.25, 0.3) is 0 Å². The summed E-state index contributed by atoms with van der Waals surface area (Å²) in [7, 11) is 0. The summed E-state index contributed by atoms with van der Waals surface area (Å²) in [4.78, 5) is 18.7. The van der Waals surface area contributed by atoms with E-state index in [1.807, 2.05) is 45.7 Å². The first kappa shape index (κ1) is 26.7. The van der Waals surface area contributed by atoms with Crippen LogP contribution in [0.25, 0.3) is 11.3 Å². The zero-order valence-electron chi connectivity index (χ0n) is 22.6. The standard InChI is InChI=1S/C29H41N7O/c1-5-6-11-22-19-35(26-14-9-10-17-29(26,3)4)28(37)36(22)20(2)21-15-16-25(32-18-21)23-12-7-8-13-24(23)27(33-30)34-31/h7-8,12-13,15-16,18-20,26H,5-6,9-11,14,17,30-31H2,1-4H3,(H,33,34). The van der Waals surface area contributed by atoms with Crippen molar-refractivity contribution in [3.05, 3.63) is 76.1 Å². The van der Waals surface area contributed by atoms with E-state index in [0.717, 1.165) is 60.2 Å². The summed E-state index contributed by atoms with van der Waals surface area (Å²) in [6.45, 7) is 8.89. The monoisotopic (exact) mass is 503 g/mol. The van der Waals surface area contributed by atoms with Crippen LogP contribution in [0.2, 0.25) is 0 Å². The van der Waals surface area contributed by atoms with Crippen molar-refractivity contribution in [1.29, 1.82) is 0 Å². The number of nitrogens with one attached hydrogen (secondary N) is 1. The molecule has 2 unspecified atom stereocenters. The van der Waals surface area contributed by atoms with Gasteiger partial charge >= 0.3 is 5.69 Å². The molecule has 5 N–H and O–H groups in total. The highest BCUT2D eigenvalue weighted by Gasteiger charge is 2.35. The lowest BCUT2D eigenvalue weighted by molar-refractivity contribution is 0.140. The number of hydrazine groups is 1. The van der Waals surface area contributed by atoms with Gasteiger partial charge in [0.1, 0.15) is 0 Å². The Hall–Kier alpha value is -3.39. The maximum absolute atomic E-state index is 13.9. The minimum Gasteiger partial charge on any atom is -0.321 e. The summed E-state index contributed by atoms with van der Waals surface area (Å²) in [6, 6.07) is 11.8. The summed E-state index contributed by atoms with van der Waals surface area (Å²) >= 11 is 0. The van der Waals surface area contributed by atoms with E-state index in [9.17, 15) is 4.79 Å². The maximum atomic E-state index is 13.9. The second-order valence-corrected chi connectivity index (χ2v) is 10.9. The Morgan fingerprint density at radius 3 is 2.68 bits per heavy atom. The number of benzene rings is 1. The van der Waals surface area contributed by atoms with Crippen LogP contribution < -0.4 is 22.8 Å². The van der Waals surface area contributed by atoms with Crippen LogP contribution in [0.4, 0.5) is 0 Å². The highest BCUT2D eigenvalue weighted by molar-refractivity contribution is 6.03. The number of hydrogen-bond acceptors (Lipinski definition) is 5. The van der Waals surface area contributed by atoms with Gasteiger partial charge in [-0.25, -0.2) is 10.6 Å². The summed E-state index contributed by atoms with van der Waals surface area (Å²) in [5.41, 5.74) is 7.27. The van der Waals surface area contributed by atoms with E-state index in [4.69, 9.17) is 16.7 Å². The molecule has 3 aromatic rings. The Kier molecular flexibility index (Phi) is 8.17. The minimum atomic E-state index is -0.129. The largest absolute Gasteiger partial charge is 0.329 e. The first-order valence-corrected chi connectivity index (χ1v) is 13.4. The van der Waals surface area contributed by atoms with Crippen molar-refractivity contribution < 1.29 is 0 Å². The Morgan fingerprint density at radius 2 is 2.03 bits per heavy atom. The summed E-state index contributed by atoms with van der Waals surface area (Å²) in [5, 5.41) is 3.76. The number of amidine groups is 1. The van der Waals surface area contributed by atoms with Gasteiger partial charge in [-0.1, -0.05) is 70.4 Å². The Bertz CT molecular complexity index is 1290. The molecule has 2 atom stereocenters. The molecule has 198 valence electrons. The molecule has 2 heterocycles. The van der Waals surface area contributed by atoms with Crippen molar-refractivity contribution in [2.45, 2.75) is 84.7 Å². The van der Waals surface area contributed by atoms with Crippen LogP contribution in [0.5, 0.6) is 0 Å². The number of aryl methyl sites for hydroxylation is 1. The molecule has 0 bridgehead atoms. The summed E-state index contributed by atoms with van der Waals surface area (Å²) in [6.07, 6.45) is 11.7. The molecular formula is C29H41N7O. The molecule has 0 radical (unpaired) electrons. The average molecular weight is 504 g/mol. The van der Waals surface area contributed by atoms with Crippen LogP contribution in [0.15, 0.2) is 58.7 Å². The molecule has 8 nitrogen and oxygen atoms in total. The number of aromatic nitrogens is 3. The van der Waals surface area contributed by atoms with Crippen molar-refractivity contribution in [1.82, 2.24) is 19.5 Å². The van der Waals surface area contributed by atoms with E-state index in [-0.39, 0.29) is 23.2 Å². The highest BCUT2D eigenvalue weighted by atomic mass is 16.1. The van der Waals surface area contributed by atoms with Crippen LogP contribution in [0, 0.1) is 5.41 Å². The fourth-order valence-corrected chi connectivity index (χ4v) is 5.76. The number of nitrogens with zero attached hydrogens (tertiary/aromatic N) is 4. The van der Waals surface area contributed by atoms with Crippen molar-refractivity contribution in [3.63, 3.8) is 0 Å². The van der Waals surface area contributed by atoms with Crippen LogP contribution in [0.1, 0.15) is 95.1 Å². The quantitative estimate of drug-likeness (QED) is 0.175. The lowest BCUT2D eigenvalue weighted by Crippen LogP contribution is -2.37. The zero-order valence-corrected chi connectivity index (χ0v) is 22.6. The van der Waals surface area contributed by atoms with Gasteiger partial charge in [0, 0.05) is 35.3 Å². The molecule has 0 saturated heterocycles. The number of hydrazone groups is 1. The molecule has 4 rings (SSSR count). The highest BCUT2D eigenvalue weighted by Crippen LogP contribution is 2.43. The predicted molar refractivity (Wildman–Crippen MR) is 150 cm³/mol. The lowest BCUT2D eigenvalue weighted by Gasteiger charge is -2.39. The second-order valence-electron chi connectivity index (χ2n) is 10.9. The van der Waals surface area contributed by atoms with E-state index in [1.54, 1.807) is 0 Å². The molecule has 0 amide bonds. The normalized spacial score (nSPS) is 18.5. The van der Waals surface area contributed by atoms with Crippen molar-refractivity contribution in [2.75, 3.05) is 0 Å². The molecule has 1 aromatic carbocycles. The minimum absolute atomic E-state index is 0.0887. The first-order chi connectivity index (χ1) is 17.8. The molecule has 1 aliphatic carbocycles. The smallest absolute Gasteiger partial charge is 0.321 e. The predicted octanol–water partition coefficient (Wildman–Crippen LogP) is 4.89. The Balaban J connectivity index is 1.70. The molecule has 1 saturated carbocycles. The topological polar surface area (TPSA) is 116 Å². The van der Waals surface area contributed by atoms with Crippen LogP contribution >= 0.6 is 0 Å². The van der Waals surface area contributed by atoms with Gasteiger partial charge < -0.3 is 11.3 Å². The molecular weight excluding hydrogens is 462 g/mol. The Morgan fingerprint density at radius 1 is 1.24 bits per heavy atom. The van der Waals surface area contributed by atoms with E-state index < -0.39 is 0 Å². The third kappa shape index (κ3) is 5.34. The van der Waals surface area contributed by atoms with Crippen molar-refractivity contribution in [3.8, 4) is 11.3 Å². The van der Waals surface area contributed by atoms with E-state index in [1.165, 1.54) is 12.8 Å². The summed E-state index contributed by atoms with van der Waals surface area (Å²) < 4.78 is 4.02. The van der Waals surface area contributed by atoms with Crippen LogP contribution in [-0.4, -0.2) is 20.0 Å². The van der Waals surface area contributed by atoms with Crippen LogP contribution in [-0.2, 0) is 6.42 Å². The van der Waals surface area contributed by atoms with Gasteiger partial charge in [0.15, 0.2) is 5.84 Å². The van der Waals surface area contributed by atoms with Crippen molar-refractivity contribution in [2.24, 2.45) is 22.2 Å². The third-order valence-electron chi connectivity index (χ3n) is 7.98. The molecule has 37 heavy (non-hydrogen) atoms. The summed E-state index contributed by atoms with van der Waals surface area (Å²) in [5.74, 6) is 11.5. The first-order valence-electron chi connectivity index (χ1n) is 13.4. The molecule has 1 aliphatic rings. The number of unbranched alkanes of at least 4 members (excludes halogenated alkanes) is 1. The average Bonchev–Trinajstić information content (AvgIpc) is 3.23. The van der Waals surface area contributed by atoms with Gasteiger partial charge in [-0.2, -0.15) is 5.10 Å². The Labute approximate surface area is 219 Å². The number of imidazole rings is 1. The van der Waals surface area contributed by atoms with Gasteiger partial charge in [-0.15, -0.1) is 0 Å². The van der Waals surface area contributed by atoms with Gasteiger partial charge in [-0.05, 0) is 49.7 Å². The molecule has 8 heteroatoms. The van der Waals surface area contributed by atoms with Gasteiger partial charge in [0.05, 0.1) is 11.7 Å². The number of nitrogens with two attached hydrogens (primary N) is 2. The lowest BCUT2D eigenvalue weighted by atomic mass is 9.73. The molecule has 0 aliphatic heterocycles. The fourth-order valence-electron chi connectivity index (χ4n) is 5.76. The SMILES string of the molecule is CCCCc1cn(C2CCCCC2(C)C)c(=O)n1C(C)c1ccc(-c2ccccc2/C(=N/N)NN)nc1. The molecule has 1 fully saturated rings. The molecule has 2 aromatic heterocycles. The zero-order chi connectivity index (χ0) is 26.6. The second kappa shape index (κ2) is 11.3. The third-order valence-corrected chi connectivity index (χ3v) is 7.98. The van der Waals surface area contributed by atoms with Crippen molar-refractivity contribution >= 4 is 5.84 Å². The van der Waals surface area contributed by atoms with E-state index >= 15 is 0 Å². The fraction of sp³-hybridized carbons (Fsp3) is 0.483. The van der Waals surface area contributed by atoms with E-state index in [0.29, 0.717) is 5.84 Å². The maximum Gasteiger partial charge on any atom is 0.329 e.